The summed E-state index contributed by atoms with van der Waals surface area (Å²) in [4.78, 5) is 1.05. The van der Waals surface area contributed by atoms with Crippen LogP contribution in [-0.2, 0) is 6.42 Å². The molecule has 0 radical (unpaired) electrons. The number of benzene rings is 1. The number of nitrogens with two attached hydrogens (primary N) is 1. The molecule has 1 unspecified atom stereocenters. The number of rotatable bonds is 9. The third-order valence-electron chi connectivity index (χ3n) is 3.80. The highest BCUT2D eigenvalue weighted by atomic mass is 32.2. The molecule has 1 aliphatic rings. The summed E-state index contributed by atoms with van der Waals surface area (Å²) < 4.78 is 5.49. The zero-order chi connectivity index (χ0) is 18.2. The Labute approximate surface area is 154 Å². The highest BCUT2D eigenvalue weighted by Crippen LogP contribution is 2.27. The van der Waals surface area contributed by atoms with Gasteiger partial charge in [0, 0.05) is 12.7 Å². The van der Waals surface area contributed by atoms with Crippen molar-refractivity contribution in [2.75, 3.05) is 14.2 Å². The molecule has 6 nitrogen and oxygen atoms in total. The molecule has 25 heavy (non-hydrogen) atoms. The number of unbranched alkanes of at least 4 members (excludes halogenated alkanes) is 1. The van der Waals surface area contributed by atoms with Crippen molar-refractivity contribution in [1.82, 2.24) is 10.5 Å². The van der Waals surface area contributed by atoms with Crippen LogP contribution in [-0.4, -0.2) is 19.3 Å². The second-order valence-corrected chi connectivity index (χ2v) is 7.22. The minimum absolute atomic E-state index is 0.132. The highest BCUT2D eigenvalue weighted by molar-refractivity contribution is 8.05. The van der Waals surface area contributed by atoms with E-state index in [2.05, 4.69) is 28.4 Å². The van der Waals surface area contributed by atoms with Crippen LogP contribution in [0.1, 0.15) is 43.5 Å². The van der Waals surface area contributed by atoms with Gasteiger partial charge in [-0.1, -0.05) is 17.9 Å². The van der Waals surface area contributed by atoms with E-state index < -0.39 is 0 Å². The van der Waals surface area contributed by atoms with Crippen molar-refractivity contribution in [2.45, 2.75) is 38.8 Å². The van der Waals surface area contributed by atoms with Crippen LogP contribution in [0, 0.1) is 0 Å². The quantitative estimate of drug-likeness (QED) is 0.642. The number of methoxy groups -OCH3 is 1. The molecule has 2 rings (SSSR count). The van der Waals surface area contributed by atoms with Crippen LogP contribution in [0.2, 0.25) is 0 Å². The Morgan fingerprint density at radius 1 is 1.48 bits per heavy atom. The summed E-state index contributed by atoms with van der Waals surface area (Å²) in [5.41, 5.74) is 12.4. The normalized spacial score (nSPS) is 17.2. The van der Waals surface area contributed by atoms with Gasteiger partial charge in [-0.05, 0) is 66.2 Å². The van der Waals surface area contributed by atoms with Crippen LogP contribution in [0.5, 0.6) is 5.75 Å². The Morgan fingerprint density at radius 2 is 2.28 bits per heavy atom. The van der Waals surface area contributed by atoms with E-state index in [4.69, 9.17) is 10.5 Å². The van der Waals surface area contributed by atoms with Crippen molar-refractivity contribution < 1.29 is 4.74 Å². The summed E-state index contributed by atoms with van der Waals surface area (Å²) in [6.45, 7) is 5.83. The van der Waals surface area contributed by atoms with Gasteiger partial charge in [-0.15, -0.1) is 16.9 Å². The number of hydrogen-bond donors (Lipinski definition) is 2. The van der Waals surface area contributed by atoms with Gasteiger partial charge in [-0.2, -0.15) is 5.43 Å². The molecule has 136 valence electrons. The predicted molar refractivity (Wildman–Crippen MR) is 104 cm³/mol. The lowest BCUT2D eigenvalue weighted by molar-refractivity contribution is 0.262. The van der Waals surface area contributed by atoms with E-state index in [1.807, 2.05) is 31.5 Å². The number of aryl methyl sites for hydroxylation is 1. The summed E-state index contributed by atoms with van der Waals surface area (Å²) in [5.74, 6) is 0.911. The monoisotopic (exact) mass is 361 g/mol. The van der Waals surface area contributed by atoms with Crippen molar-refractivity contribution in [3.05, 3.63) is 51.9 Å². The molecule has 1 heterocycles. The molecule has 0 spiro atoms. The molecular weight excluding hydrogens is 334 g/mol. The number of hydrazine groups is 1. The van der Waals surface area contributed by atoms with E-state index in [-0.39, 0.29) is 6.17 Å². The molecule has 1 aliphatic heterocycles. The molecular formula is C18H27N5OS. The standard InChI is InChI=1S/C18H27N5OS/c1-13(2)25-12-16(19)8-6-5-7-14-11-15(9-10-17(14)24-4)18-20-22-23(3)21-18/h9-12,18,21H,1,5-8,19H2,2-4H3/b16-12-. The van der Waals surface area contributed by atoms with Crippen molar-refractivity contribution in [3.8, 4) is 5.75 Å². The van der Waals surface area contributed by atoms with Gasteiger partial charge in [-0.3, -0.25) is 0 Å². The molecule has 3 N–H and O–H groups in total. The molecule has 1 aromatic carbocycles. The number of hydrogen-bond acceptors (Lipinski definition) is 7. The maximum absolute atomic E-state index is 6.02. The van der Waals surface area contributed by atoms with Crippen molar-refractivity contribution in [3.63, 3.8) is 0 Å². The lowest BCUT2D eigenvalue weighted by Crippen LogP contribution is -2.26. The topological polar surface area (TPSA) is 75.2 Å². The molecule has 0 amide bonds. The number of thioether (sulfide) groups is 1. The third kappa shape index (κ3) is 6.10. The maximum atomic E-state index is 6.02. The van der Waals surface area contributed by atoms with Gasteiger partial charge in [0.25, 0.3) is 0 Å². The first-order chi connectivity index (χ1) is 12.0. The molecule has 7 heteroatoms. The van der Waals surface area contributed by atoms with Crippen molar-refractivity contribution in [1.29, 1.82) is 0 Å². The maximum Gasteiger partial charge on any atom is 0.166 e. The first-order valence-corrected chi connectivity index (χ1v) is 9.21. The number of nitrogens with zero attached hydrogens (tertiary/aromatic N) is 3. The second-order valence-electron chi connectivity index (χ2n) is 6.05. The largest absolute Gasteiger partial charge is 0.496 e. The summed E-state index contributed by atoms with van der Waals surface area (Å²) in [7, 11) is 3.54. The van der Waals surface area contributed by atoms with E-state index in [1.54, 1.807) is 24.0 Å². The molecule has 1 atom stereocenters. The molecule has 1 aromatic rings. The van der Waals surface area contributed by atoms with E-state index in [9.17, 15) is 0 Å². The average molecular weight is 362 g/mol. The average Bonchev–Trinajstić information content (AvgIpc) is 3.03. The van der Waals surface area contributed by atoms with Gasteiger partial charge in [-0.25, -0.2) is 5.12 Å². The fraction of sp³-hybridized carbons (Fsp3) is 0.444. The zero-order valence-electron chi connectivity index (χ0n) is 15.2. The zero-order valence-corrected chi connectivity index (χ0v) is 16.0. The lowest BCUT2D eigenvalue weighted by atomic mass is 10.0. The van der Waals surface area contributed by atoms with Gasteiger partial charge in [0.05, 0.1) is 7.11 Å². The van der Waals surface area contributed by atoms with Crippen LogP contribution >= 0.6 is 11.8 Å². The Kier molecular flexibility index (Phi) is 7.33. The number of allylic oxidation sites excluding steroid dienone is 2. The number of ether oxygens (including phenoxy) is 1. The van der Waals surface area contributed by atoms with Gasteiger partial charge in [0.15, 0.2) is 6.17 Å². The lowest BCUT2D eigenvalue weighted by Gasteiger charge is -2.14. The van der Waals surface area contributed by atoms with Crippen LogP contribution in [0.3, 0.4) is 0 Å². The third-order valence-corrected chi connectivity index (χ3v) is 4.63. The fourth-order valence-electron chi connectivity index (χ4n) is 2.54. The number of nitrogens with one attached hydrogen (secondary N) is 1. The Morgan fingerprint density at radius 3 is 2.92 bits per heavy atom. The van der Waals surface area contributed by atoms with E-state index in [1.165, 1.54) is 5.56 Å². The van der Waals surface area contributed by atoms with Gasteiger partial charge in [0.1, 0.15) is 5.75 Å². The van der Waals surface area contributed by atoms with Gasteiger partial charge < -0.3 is 10.5 Å². The van der Waals surface area contributed by atoms with Crippen LogP contribution in [0.25, 0.3) is 0 Å². The molecule has 0 aliphatic carbocycles. The minimum atomic E-state index is -0.132. The van der Waals surface area contributed by atoms with Crippen molar-refractivity contribution >= 4 is 11.8 Å². The van der Waals surface area contributed by atoms with E-state index in [0.29, 0.717) is 0 Å². The second kappa shape index (κ2) is 9.48. The summed E-state index contributed by atoms with van der Waals surface area (Å²) in [6.07, 6.45) is 3.79. The predicted octanol–water partition coefficient (Wildman–Crippen LogP) is 4.29. The fourth-order valence-corrected chi connectivity index (χ4v) is 3.01. The summed E-state index contributed by atoms with van der Waals surface area (Å²) >= 11 is 1.58. The molecule has 0 fully saturated rings. The van der Waals surface area contributed by atoms with E-state index >= 15 is 0 Å². The molecule has 0 bridgehead atoms. The SMILES string of the molecule is C=C(C)S/C=C(\N)CCCCc1cc(C2N=NN(C)N2)ccc1OC. The Bertz CT molecular complexity index is 659. The van der Waals surface area contributed by atoms with Gasteiger partial charge >= 0.3 is 0 Å². The highest BCUT2D eigenvalue weighted by Gasteiger charge is 2.18. The smallest absolute Gasteiger partial charge is 0.166 e. The molecule has 0 saturated heterocycles. The van der Waals surface area contributed by atoms with Gasteiger partial charge in [0.2, 0.25) is 0 Å². The minimum Gasteiger partial charge on any atom is -0.496 e. The Balaban J connectivity index is 1.91. The molecule has 0 aromatic heterocycles. The summed E-state index contributed by atoms with van der Waals surface area (Å²) in [5, 5.41) is 11.8. The first kappa shape index (κ1) is 19.3. The van der Waals surface area contributed by atoms with Crippen LogP contribution in [0.15, 0.2) is 51.1 Å². The Hall–Kier alpha value is -1.99. The van der Waals surface area contributed by atoms with Crippen molar-refractivity contribution in [2.24, 2.45) is 16.1 Å². The van der Waals surface area contributed by atoms with Crippen LogP contribution < -0.4 is 15.9 Å². The van der Waals surface area contributed by atoms with Crippen LogP contribution in [0.4, 0.5) is 0 Å². The molecule has 0 saturated carbocycles. The first-order valence-electron chi connectivity index (χ1n) is 8.33. The summed E-state index contributed by atoms with van der Waals surface area (Å²) in [6, 6.07) is 6.16. The van der Waals surface area contributed by atoms with E-state index in [0.717, 1.165) is 47.6 Å².